The number of halogens is 1. The predicted molar refractivity (Wildman–Crippen MR) is 84.6 cm³/mol. The van der Waals surface area contributed by atoms with Crippen molar-refractivity contribution in [1.29, 1.82) is 0 Å². The number of amides is 1. The molecule has 1 aliphatic heterocycles. The number of carbonyl (C=O) groups is 1. The van der Waals surface area contributed by atoms with Crippen LogP contribution in [0.3, 0.4) is 0 Å². The maximum atomic E-state index is 12.9. The smallest absolute Gasteiger partial charge is 0.243 e. The zero-order valence-electron chi connectivity index (χ0n) is 13.3. The van der Waals surface area contributed by atoms with Gasteiger partial charge in [-0.2, -0.15) is 4.31 Å². The maximum absolute atomic E-state index is 12.9. The Hall–Kier alpha value is -1.51. The van der Waals surface area contributed by atoms with Crippen LogP contribution in [0.1, 0.15) is 13.8 Å². The summed E-state index contributed by atoms with van der Waals surface area (Å²) in [6.07, 6.45) is 0. The highest BCUT2D eigenvalue weighted by atomic mass is 32.2. The molecule has 2 rings (SSSR count). The number of sulfonamides is 1. The summed E-state index contributed by atoms with van der Waals surface area (Å²) in [5, 5.41) is 0. The van der Waals surface area contributed by atoms with E-state index in [0.29, 0.717) is 13.1 Å². The standard InChI is InChI=1S/C15H22FN3O3S/c1-11(12(2)17)15(20)18-7-9-19(10-8-18)23(21,22)14-5-3-13(16)4-6-14/h3-6,11-12H,7-10,17H2,1-2H3. The van der Waals surface area contributed by atoms with E-state index in [-0.39, 0.29) is 35.9 Å². The molecule has 1 amide bonds. The molecule has 8 heteroatoms. The summed E-state index contributed by atoms with van der Waals surface area (Å²) in [4.78, 5) is 13.9. The summed E-state index contributed by atoms with van der Waals surface area (Å²) in [6, 6.07) is 4.50. The average Bonchev–Trinajstić information content (AvgIpc) is 2.54. The van der Waals surface area contributed by atoms with Gasteiger partial charge in [-0.3, -0.25) is 4.79 Å². The van der Waals surface area contributed by atoms with Crippen molar-refractivity contribution in [2.24, 2.45) is 11.7 Å². The SMILES string of the molecule is CC(N)C(C)C(=O)N1CCN(S(=O)(=O)c2ccc(F)cc2)CC1. The molecule has 0 radical (unpaired) electrons. The summed E-state index contributed by atoms with van der Waals surface area (Å²) < 4.78 is 39.2. The molecule has 0 bridgehead atoms. The molecule has 1 fully saturated rings. The van der Waals surface area contributed by atoms with Crippen LogP contribution in [0.4, 0.5) is 4.39 Å². The minimum absolute atomic E-state index is 0.0566. The van der Waals surface area contributed by atoms with Gasteiger partial charge in [0, 0.05) is 32.2 Å². The van der Waals surface area contributed by atoms with Crippen molar-refractivity contribution in [1.82, 2.24) is 9.21 Å². The fraction of sp³-hybridized carbons (Fsp3) is 0.533. The molecule has 128 valence electrons. The third kappa shape index (κ3) is 3.88. The van der Waals surface area contributed by atoms with E-state index >= 15 is 0 Å². The second kappa shape index (κ2) is 6.94. The Labute approximate surface area is 136 Å². The molecule has 1 aromatic rings. The Bertz CT molecular complexity index is 653. The van der Waals surface area contributed by atoms with E-state index < -0.39 is 15.8 Å². The Morgan fingerprint density at radius 2 is 1.65 bits per heavy atom. The van der Waals surface area contributed by atoms with Gasteiger partial charge < -0.3 is 10.6 Å². The number of rotatable bonds is 4. The summed E-state index contributed by atoms with van der Waals surface area (Å²) in [5.41, 5.74) is 5.74. The van der Waals surface area contributed by atoms with E-state index in [9.17, 15) is 17.6 Å². The van der Waals surface area contributed by atoms with Crippen molar-refractivity contribution in [3.05, 3.63) is 30.1 Å². The van der Waals surface area contributed by atoms with E-state index in [4.69, 9.17) is 5.73 Å². The van der Waals surface area contributed by atoms with Crippen molar-refractivity contribution in [2.45, 2.75) is 24.8 Å². The number of hydrogen-bond donors (Lipinski definition) is 1. The lowest BCUT2D eigenvalue weighted by atomic mass is 10.0. The lowest BCUT2D eigenvalue weighted by Gasteiger charge is -2.35. The van der Waals surface area contributed by atoms with Gasteiger partial charge in [0.15, 0.2) is 0 Å². The van der Waals surface area contributed by atoms with Crippen molar-refractivity contribution in [2.75, 3.05) is 26.2 Å². The van der Waals surface area contributed by atoms with Crippen LogP contribution in [0.5, 0.6) is 0 Å². The van der Waals surface area contributed by atoms with Crippen LogP contribution in [0, 0.1) is 11.7 Å². The predicted octanol–water partition coefficient (Wildman–Crippen LogP) is 0.642. The Morgan fingerprint density at radius 3 is 2.13 bits per heavy atom. The first-order valence-corrected chi connectivity index (χ1v) is 8.97. The van der Waals surface area contributed by atoms with Crippen molar-refractivity contribution in [3.63, 3.8) is 0 Å². The fourth-order valence-corrected chi connectivity index (χ4v) is 3.84. The van der Waals surface area contributed by atoms with Crippen LogP contribution >= 0.6 is 0 Å². The number of nitrogens with two attached hydrogens (primary N) is 1. The van der Waals surface area contributed by atoms with Gasteiger partial charge in [-0.05, 0) is 31.2 Å². The van der Waals surface area contributed by atoms with Crippen molar-refractivity contribution >= 4 is 15.9 Å². The van der Waals surface area contributed by atoms with Gasteiger partial charge in [-0.15, -0.1) is 0 Å². The molecular formula is C15H22FN3O3S. The second-order valence-corrected chi connectivity index (χ2v) is 7.77. The minimum atomic E-state index is -3.66. The van der Waals surface area contributed by atoms with Crippen molar-refractivity contribution < 1.29 is 17.6 Å². The highest BCUT2D eigenvalue weighted by molar-refractivity contribution is 7.89. The lowest BCUT2D eigenvalue weighted by molar-refractivity contribution is -0.136. The molecule has 0 aliphatic carbocycles. The number of carbonyl (C=O) groups excluding carboxylic acids is 1. The molecule has 1 saturated heterocycles. The molecule has 2 unspecified atom stereocenters. The summed E-state index contributed by atoms with van der Waals surface area (Å²) in [6.45, 7) is 4.65. The van der Waals surface area contributed by atoms with Gasteiger partial charge in [-0.25, -0.2) is 12.8 Å². The van der Waals surface area contributed by atoms with E-state index in [1.807, 2.05) is 0 Å². The highest BCUT2D eigenvalue weighted by Gasteiger charge is 2.32. The molecule has 1 aliphatic rings. The van der Waals surface area contributed by atoms with Gasteiger partial charge in [0.05, 0.1) is 10.8 Å². The van der Waals surface area contributed by atoms with E-state index in [1.54, 1.807) is 18.7 Å². The van der Waals surface area contributed by atoms with Crippen LogP contribution in [0.15, 0.2) is 29.2 Å². The first-order valence-electron chi connectivity index (χ1n) is 7.53. The molecule has 2 atom stereocenters. The van der Waals surface area contributed by atoms with Gasteiger partial charge in [-0.1, -0.05) is 6.92 Å². The molecule has 6 nitrogen and oxygen atoms in total. The monoisotopic (exact) mass is 343 g/mol. The van der Waals surface area contributed by atoms with E-state index in [0.717, 1.165) is 12.1 Å². The van der Waals surface area contributed by atoms with Gasteiger partial charge in [0.25, 0.3) is 0 Å². The van der Waals surface area contributed by atoms with Crippen LogP contribution in [-0.2, 0) is 14.8 Å². The Kier molecular flexibility index (Phi) is 5.38. The molecule has 0 aromatic heterocycles. The highest BCUT2D eigenvalue weighted by Crippen LogP contribution is 2.19. The van der Waals surface area contributed by atoms with E-state index in [2.05, 4.69) is 0 Å². The number of piperazine rings is 1. The Balaban J connectivity index is 2.04. The average molecular weight is 343 g/mol. The summed E-state index contributed by atoms with van der Waals surface area (Å²) >= 11 is 0. The number of benzene rings is 1. The summed E-state index contributed by atoms with van der Waals surface area (Å²) in [5.74, 6) is -0.835. The van der Waals surface area contributed by atoms with Crippen LogP contribution in [-0.4, -0.2) is 55.8 Å². The zero-order valence-corrected chi connectivity index (χ0v) is 14.1. The third-order valence-corrected chi connectivity index (χ3v) is 6.09. The third-order valence-electron chi connectivity index (χ3n) is 4.18. The van der Waals surface area contributed by atoms with Crippen molar-refractivity contribution in [3.8, 4) is 0 Å². The number of hydrogen-bond acceptors (Lipinski definition) is 4. The summed E-state index contributed by atoms with van der Waals surface area (Å²) in [7, 11) is -3.66. The van der Waals surface area contributed by atoms with Crippen LogP contribution < -0.4 is 5.73 Å². The Morgan fingerprint density at radius 1 is 1.13 bits per heavy atom. The topological polar surface area (TPSA) is 83.7 Å². The maximum Gasteiger partial charge on any atom is 0.243 e. The first kappa shape index (κ1) is 17.8. The molecule has 23 heavy (non-hydrogen) atoms. The van der Waals surface area contributed by atoms with Gasteiger partial charge in [0.2, 0.25) is 15.9 Å². The van der Waals surface area contributed by atoms with E-state index in [1.165, 1.54) is 16.4 Å². The normalized spacial score (nSPS) is 19.4. The largest absolute Gasteiger partial charge is 0.340 e. The quantitative estimate of drug-likeness (QED) is 0.870. The second-order valence-electron chi connectivity index (χ2n) is 5.83. The molecule has 1 aromatic carbocycles. The van der Waals surface area contributed by atoms with Crippen LogP contribution in [0.25, 0.3) is 0 Å². The van der Waals surface area contributed by atoms with Crippen LogP contribution in [0.2, 0.25) is 0 Å². The molecule has 1 heterocycles. The molecule has 0 saturated carbocycles. The molecular weight excluding hydrogens is 321 g/mol. The number of nitrogens with zero attached hydrogens (tertiary/aromatic N) is 2. The lowest BCUT2D eigenvalue weighted by Crippen LogP contribution is -2.53. The molecule has 2 N–H and O–H groups in total. The zero-order chi connectivity index (χ0) is 17.2. The minimum Gasteiger partial charge on any atom is -0.340 e. The molecule has 0 spiro atoms. The fourth-order valence-electron chi connectivity index (χ4n) is 2.42. The first-order chi connectivity index (χ1) is 10.7. The van der Waals surface area contributed by atoms with Gasteiger partial charge in [0.1, 0.15) is 5.82 Å². The van der Waals surface area contributed by atoms with Gasteiger partial charge >= 0.3 is 0 Å².